The number of nitrogens with one attached hydrogen (secondary N) is 5. The standard InChI is InChI=1S/C54H67IN10O14S/c1-34-61-63-53(80-34)60-46(69)10-5-7-39-33-65(64-62-39)26-4-3-8-42(50(73)56-25-28-79-30-29-78-27-6-9-45(68)35-11-17-38(55)18-12-35)57-48(71)32-44(52(76)77)59-49(72)31-43(51(74)75)58-47(70)23-24-54(2,36-13-19-40(66)20-14-36)37-15-21-41(67)22-16-37/h11-22,33,42-44,66-67H,3-10,23-32H2,1-2H3,(H,56,73)(H,57,71)(H,58,70)(H,59,72)(H,74,75)(H,76,77)(H,60,63,69)/t42-,43-,44-/m0/s1/i55+4. The van der Waals surface area contributed by atoms with Gasteiger partial charge in [-0.25, -0.2) is 9.59 Å². The van der Waals surface area contributed by atoms with Crippen LogP contribution in [0.2, 0.25) is 0 Å². The van der Waals surface area contributed by atoms with Crippen LogP contribution in [0.25, 0.3) is 0 Å². The lowest BCUT2D eigenvalue weighted by Crippen LogP contribution is -2.51. The number of benzene rings is 3. The van der Waals surface area contributed by atoms with Gasteiger partial charge in [-0.1, -0.05) is 59.9 Å². The van der Waals surface area contributed by atoms with Crippen molar-refractivity contribution in [1.29, 1.82) is 0 Å². The molecule has 80 heavy (non-hydrogen) atoms. The Morgan fingerprint density at radius 1 is 0.662 bits per heavy atom. The van der Waals surface area contributed by atoms with E-state index in [1.165, 1.54) is 35.6 Å². The number of anilines is 1. The summed E-state index contributed by atoms with van der Waals surface area (Å²) >= 11 is 3.45. The Morgan fingerprint density at radius 2 is 1.25 bits per heavy atom. The minimum absolute atomic E-state index is 0.0199. The number of aromatic nitrogens is 5. The van der Waals surface area contributed by atoms with Crippen LogP contribution in [0.3, 0.4) is 0 Å². The van der Waals surface area contributed by atoms with Gasteiger partial charge in [0.25, 0.3) is 0 Å². The number of carbonyl (C=O) groups is 8. The molecular weight excluding hydrogens is 1180 g/mol. The van der Waals surface area contributed by atoms with Gasteiger partial charge in [-0.2, -0.15) is 0 Å². The van der Waals surface area contributed by atoms with Crippen LogP contribution < -0.4 is 26.6 Å². The number of carbonyl (C=O) groups excluding carboxylic acids is 6. The number of hydrogen-bond acceptors (Lipinski definition) is 17. The summed E-state index contributed by atoms with van der Waals surface area (Å²) in [6.07, 6.45) is 3.02. The number of phenols is 2. The van der Waals surface area contributed by atoms with E-state index in [0.717, 1.165) is 8.58 Å². The average molecular weight is 1240 g/mol. The van der Waals surface area contributed by atoms with E-state index in [-0.39, 0.29) is 75.2 Å². The summed E-state index contributed by atoms with van der Waals surface area (Å²) in [6.45, 7) is 4.97. The number of unbranched alkanes of at least 4 members (excludes halogenated alkanes) is 1. The van der Waals surface area contributed by atoms with Crippen molar-refractivity contribution in [3.63, 3.8) is 0 Å². The molecule has 0 fully saturated rings. The monoisotopic (exact) mass is 1240 g/mol. The van der Waals surface area contributed by atoms with Crippen molar-refractivity contribution in [2.75, 3.05) is 38.3 Å². The third-order valence-corrected chi connectivity index (χ3v) is 14.1. The highest BCUT2D eigenvalue weighted by atomic mass is 131. The first-order chi connectivity index (χ1) is 38.3. The van der Waals surface area contributed by atoms with Crippen LogP contribution >= 0.6 is 33.9 Å². The molecule has 0 saturated carbocycles. The molecular formula is C54H67IN10O14S. The maximum atomic E-state index is 13.5. The van der Waals surface area contributed by atoms with Crippen molar-refractivity contribution in [3.05, 3.63) is 110 Å². The fourth-order valence-electron chi connectivity index (χ4n) is 8.24. The van der Waals surface area contributed by atoms with Crippen LogP contribution in [0.4, 0.5) is 5.13 Å². The Kier molecular flexibility index (Phi) is 25.8. The Bertz CT molecular complexity index is 2800. The van der Waals surface area contributed by atoms with E-state index in [1.807, 2.05) is 19.1 Å². The van der Waals surface area contributed by atoms with Crippen LogP contribution in [-0.2, 0) is 61.4 Å². The van der Waals surface area contributed by atoms with E-state index in [4.69, 9.17) is 9.47 Å². The Hall–Kier alpha value is -7.43. The molecule has 0 bridgehead atoms. The van der Waals surface area contributed by atoms with Crippen LogP contribution in [-0.4, -0.2) is 144 Å². The van der Waals surface area contributed by atoms with Gasteiger partial charge in [-0.05, 0) is 122 Å². The number of phenolic OH excluding ortho intramolecular Hbond substituents is 2. The number of Topliss-reactive ketones (excluding diaryl/α,β-unsaturated/α-hetero) is 1. The zero-order valence-electron chi connectivity index (χ0n) is 44.4. The Balaban J connectivity index is 1.10. The molecule has 3 atom stereocenters. The zero-order chi connectivity index (χ0) is 58.0. The molecule has 5 rings (SSSR count). The lowest BCUT2D eigenvalue weighted by atomic mass is 9.73. The van der Waals surface area contributed by atoms with Gasteiger partial charge in [0, 0.05) is 59.7 Å². The second-order valence-electron chi connectivity index (χ2n) is 18.9. The van der Waals surface area contributed by atoms with E-state index in [0.29, 0.717) is 79.2 Å². The maximum Gasteiger partial charge on any atom is 0.326 e. The van der Waals surface area contributed by atoms with Gasteiger partial charge in [0.2, 0.25) is 34.7 Å². The first-order valence-corrected chi connectivity index (χ1v) is 27.8. The van der Waals surface area contributed by atoms with Crippen LogP contribution in [0.5, 0.6) is 11.5 Å². The van der Waals surface area contributed by atoms with Gasteiger partial charge < -0.3 is 56.5 Å². The quantitative estimate of drug-likeness (QED) is 0.0150. The molecule has 430 valence electrons. The minimum atomic E-state index is -1.85. The second kappa shape index (κ2) is 32.6. The number of aromatic hydroxyl groups is 2. The lowest BCUT2D eigenvalue weighted by Gasteiger charge is -2.31. The maximum absolute atomic E-state index is 13.5. The number of amides is 5. The molecule has 0 aliphatic heterocycles. The first kappa shape index (κ1) is 63.4. The predicted octanol–water partition coefficient (Wildman–Crippen LogP) is 4.59. The van der Waals surface area contributed by atoms with E-state index < -0.39 is 71.9 Å². The molecule has 2 heterocycles. The van der Waals surface area contributed by atoms with E-state index in [2.05, 4.69) is 69.7 Å². The van der Waals surface area contributed by atoms with Crippen LogP contribution in [0.15, 0.2) is 79.0 Å². The summed E-state index contributed by atoms with van der Waals surface area (Å²) in [6, 6.07) is 15.2. The lowest BCUT2D eigenvalue weighted by molar-refractivity contribution is -0.145. The summed E-state index contributed by atoms with van der Waals surface area (Å²) in [5.74, 6) is -6.66. The van der Waals surface area contributed by atoms with Gasteiger partial charge in [-0.3, -0.25) is 33.4 Å². The number of carboxylic acids is 2. The Morgan fingerprint density at radius 3 is 1.84 bits per heavy atom. The highest BCUT2D eigenvalue weighted by Gasteiger charge is 2.33. The first-order valence-electron chi connectivity index (χ1n) is 25.9. The number of rotatable bonds is 36. The van der Waals surface area contributed by atoms with Crippen LogP contribution in [0, 0.1) is 10.5 Å². The van der Waals surface area contributed by atoms with E-state index in [1.54, 1.807) is 54.2 Å². The van der Waals surface area contributed by atoms with Crippen molar-refractivity contribution in [2.24, 2.45) is 0 Å². The van der Waals surface area contributed by atoms with Gasteiger partial charge >= 0.3 is 11.9 Å². The second-order valence-corrected chi connectivity index (χ2v) is 21.3. The topological polar surface area (TPSA) is 353 Å². The van der Waals surface area contributed by atoms with Gasteiger partial charge in [-0.15, -0.1) is 15.3 Å². The van der Waals surface area contributed by atoms with Crippen molar-refractivity contribution in [2.45, 2.75) is 121 Å². The number of aliphatic carboxylic acids is 2. The third-order valence-electron chi connectivity index (χ3n) is 12.7. The van der Waals surface area contributed by atoms with Crippen molar-refractivity contribution < 1.29 is 68.3 Å². The summed E-state index contributed by atoms with van der Waals surface area (Å²) < 4.78 is 13.8. The number of ether oxygens (including phenoxy) is 2. The molecule has 24 nitrogen and oxygen atoms in total. The van der Waals surface area contributed by atoms with Gasteiger partial charge in [0.15, 0.2) is 5.78 Å². The smallest absolute Gasteiger partial charge is 0.326 e. The predicted molar refractivity (Wildman–Crippen MR) is 300 cm³/mol. The van der Waals surface area contributed by atoms with Crippen molar-refractivity contribution in [1.82, 2.24) is 46.5 Å². The Labute approximate surface area is 479 Å². The summed E-state index contributed by atoms with van der Waals surface area (Å²) in [5, 5.41) is 69.5. The largest absolute Gasteiger partial charge is 0.508 e. The SMILES string of the molecule is Cc1nnc(NC(=O)CCCc2cn(CCCC[C@H](NC(=O)C[C@H](NC(=O)C[C@H](NC(=O)CCC(C)(c3ccc(O)cc3)c3ccc(O)cc3)C(=O)O)C(=O)O)C(=O)NCCOCCOCCCC(=O)c3ccc([131I])cc3)nn2)s1. The number of ketones is 1. The molecule has 0 aliphatic rings. The summed E-state index contributed by atoms with van der Waals surface area (Å²) in [4.78, 5) is 103. The number of hydrogen-bond donors (Lipinski definition) is 9. The van der Waals surface area contributed by atoms with E-state index in [9.17, 15) is 58.8 Å². The molecule has 0 aliphatic carbocycles. The average Bonchev–Trinajstić information content (AvgIpc) is 4.12. The molecule has 5 amide bonds. The summed E-state index contributed by atoms with van der Waals surface area (Å²) in [5.41, 5.74) is 1.89. The number of halogens is 1. The highest BCUT2D eigenvalue weighted by Crippen LogP contribution is 2.38. The highest BCUT2D eigenvalue weighted by molar-refractivity contribution is 14.1. The number of nitrogens with zero attached hydrogens (tertiary/aromatic N) is 5. The molecule has 26 heteroatoms. The van der Waals surface area contributed by atoms with Crippen molar-refractivity contribution >= 4 is 86.3 Å². The molecule has 0 spiro atoms. The number of aryl methyl sites for hydroxylation is 3. The zero-order valence-corrected chi connectivity index (χ0v) is 47.3. The molecule has 5 aromatic rings. The molecule has 2 aromatic heterocycles. The van der Waals surface area contributed by atoms with Crippen LogP contribution in [0.1, 0.15) is 110 Å². The molecule has 3 aromatic carbocycles. The van der Waals surface area contributed by atoms with E-state index >= 15 is 0 Å². The van der Waals surface area contributed by atoms with Crippen molar-refractivity contribution in [3.8, 4) is 11.5 Å². The molecule has 9 N–H and O–H groups in total. The fraction of sp³-hybridized carbons (Fsp3) is 0.444. The molecule has 0 saturated heterocycles. The normalized spacial score (nSPS) is 12.4. The fourth-order valence-corrected chi connectivity index (χ4v) is 9.21. The van der Waals surface area contributed by atoms with Gasteiger partial charge in [0.05, 0.1) is 38.4 Å². The minimum Gasteiger partial charge on any atom is -0.508 e. The summed E-state index contributed by atoms with van der Waals surface area (Å²) in [7, 11) is 0. The molecule has 0 unspecified atom stereocenters. The molecule has 0 radical (unpaired) electrons. The van der Waals surface area contributed by atoms with Gasteiger partial charge in [0.1, 0.15) is 34.6 Å². The third kappa shape index (κ3) is 22.0. The number of carboxylic acid groups (broad SMARTS) is 2.